The molecule has 2 aromatic carbocycles. The van der Waals surface area contributed by atoms with Gasteiger partial charge in [0.2, 0.25) is 0 Å². The van der Waals surface area contributed by atoms with Crippen molar-refractivity contribution in [2.45, 2.75) is 22.7 Å². The first-order chi connectivity index (χ1) is 12.7. The third-order valence-electron chi connectivity index (χ3n) is 4.57. The molecule has 146 valence electrons. The van der Waals surface area contributed by atoms with Gasteiger partial charge >= 0.3 is 0 Å². The topological polar surface area (TPSA) is 89.5 Å². The zero-order valence-electron chi connectivity index (χ0n) is 14.6. The summed E-state index contributed by atoms with van der Waals surface area (Å²) in [5, 5.41) is 1.94. The van der Waals surface area contributed by atoms with Gasteiger partial charge in [0.05, 0.1) is 28.8 Å². The third kappa shape index (κ3) is 4.48. The second-order valence-electron chi connectivity index (χ2n) is 6.45. The van der Waals surface area contributed by atoms with E-state index in [-0.39, 0.29) is 10.6 Å². The lowest BCUT2D eigenvalue weighted by atomic mass is 10.2. The van der Waals surface area contributed by atoms with E-state index in [0.29, 0.717) is 12.3 Å². The van der Waals surface area contributed by atoms with Crippen LogP contribution in [-0.2, 0) is 26.2 Å². The van der Waals surface area contributed by atoms with Crippen molar-refractivity contribution in [2.75, 3.05) is 18.6 Å². The Morgan fingerprint density at radius 1 is 1.07 bits per heavy atom. The Morgan fingerprint density at radius 3 is 2.30 bits per heavy atom. The van der Waals surface area contributed by atoms with Gasteiger partial charge in [-0.15, -0.1) is 0 Å². The molecule has 0 radical (unpaired) electrons. The molecule has 0 amide bonds. The number of hydrogen-bond donors (Lipinski definition) is 1. The zero-order chi connectivity index (χ0) is 19.7. The molecule has 1 fully saturated rings. The molecule has 1 saturated heterocycles. The van der Waals surface area contributed by atoms with Gasteiger partial charge in [-0.05, 0) is 42.0 Å². The number of hydrogen-bond acceptors (Lipinski definition) is 6. The summed E-state index contributed by atoms with van der Waals surface area (Å²) >= 11 is 0. The molecule has 1 N–H and O–H groups in total. The molecule has 27 heavy (non-hydrogen) atoms. The van der Waals surface area contributed by atoms with Gasteiger partial charge in [0, 0.05) is 12.6 Å². The highest BCUT2D eigenvalue weighted by molar-refractivity contribution is 7.96. The molecular weight excluding hydrogens is 393 g/mol. The van der Waals surface area contributed by atoms with E-state index in [2.05, 4.69) is 5.32 Å². The van der Waals surface area contributed by atoms with E-state index in [4.69, 9.17) is 4.74 Å². The van der Waals surface area contributed by atoms with Gasteiger partial charge < -0.3 is 10.1 Å². The Morgan fingerprint density at radius 2 is 1.70 bits per heavy atom. The van der Waals surface area contributed by atoms with Crippen molar-refractivity contribution in [3.63, 3.8) is 0 Å². The second kappa shape index (κ2) is 7.57. The van der Waals surface area contributed by atoms with E-state index in [0.717, 1.165) is 29.8 Å². The molecule has 3 rings (SSSR count). The monoisotopic (exact) mass is 413 g/mol. The van der Waals surface area contributed by atoms with Gasteiger partial charge in [0.25, 0.3) is 0 Å². The second-order valence-corrected chi connectivity index (χ2v) is 10.8. The number of rotatable bonds is 6. The molecule has 0 unspecified atom stereocenters. The lowest BCUT2D eigenvalue weighted by Crippen LogP contribution is -2.43. The molecule has 0 aliphatic carbocycles. The number of halogens is 1. The Labute approximate surface area is 158 Å². The van der Waals surface area contributed by atoms with E-state index in [9.17, 15) is 21.2 Å². The minimum atomic E-state index is -3.92. The van der Waals surface area contributed by atoms with Crippen LogP contribution in [0.2, 0.25) is 0 Å². The first-order valence-corrected chi connectivity index (χ1v) is 11.6. The summed E-state index contributed by atoms with van der Waals surface area (Å²) in [5.74, 6) is -0.567. The van der Waals surface area contributed by atoms with Gasteiger partial charge in [-0.3, -0.25) is 0 Å². The number of sulfone groups is 2. The quantitative estimate of drug-likeness (QED) is 0.723. The number of methoxy groups -OCH3 is 1. The average Bonchev–Trinajstić information content (AvgIpc) is 2.96. The molecule has 0 saturated carbocycles. The maximum atomic E-state index is 13.1. The van der Waals surface area contributed by atoms with Crippen molar-refractivity contribution in [3.8, 4) is 5.75 Å². The van der Waals surface area contributed by atoms with E-state index >= 15 is 0 Å². The molecule has 0 aromatic heterocycles. The normalized spacial score (nSPS) is 21.9. The van der Waals surface area contributed by atoms with Crippen LogP contribution in [0.5, 0.6) is 5.75 Å². The summed E-state index contributed by atoms with van der Waals surface area (Å²) in [7, 11) is -5.86. The van der Waals surface area contributed by atoms with Crippen molar-refractivity contribution in [1.29, 1.82) is 0 Å². The Hall–Kier alpha value is -1.97. The van der Waals surface area contributed by atoms with Crippen molar-refractivity contribution in [2.24, 2.45) is 0 Å². The maximum absolute atomic E-state index is 13.1. The van der Waals surface area contributed by atoms with E-state index in [1.54, 1.807) is 19.2 Å². The lowest BCUT2D eigenvalue weighted by Gasteiger charge is -2.20. The summed E-state index contributed by atoms with van der Waals surface area (Å²) < 4.78 is 68.2. The molecule has 2 atom stereocenters. The number of nitrogens with one attached hydrogen (secondary N) is 1. The van der Waals surface area contributed by atoms with Gasteiger partial charge in [0.1, 0.15) is 11.6 Å². The van der Waals surface area contributed by atoms with Gasteiger partial charge in [0.15, 0.2) is 19.7 Å². The zero-order valence-corrected chi connectivity index (χ0v) is 16.3. The highest BCUT2D eigenvalue weighted by Crippen LogP contribution is 2.26. The SMILES string of the molecule is COc1ccc(CN[C@H]2CS(=O)(=O)C[C@@H]2S(=O)(=O)c2ccc(F)cc2)cc1. The maximum Gasteiger partial charge on any atom is 0.183 e. The minimum absolute atomic E-state index is 0.0813. The molecule has 0 bridgehead atoms. The molecule has 1 aliphatic heterocycles. The molecule has 1 aliphatic rings. The van der Waals surface area contributed by atoms with Gasteiger partial charge in [-0.25, -0.2) is 21.2 Å². The summed E-state index contributed by atoms with van der Waals surface area (Å²) in [5.41, 5.74) is 0.873. The van der Waals surface area contributed by atoms with Crippen LogP contribution >= 0.6 is 0 Å². The minimum Gasteiger partial charge on any atom is -0.497 e. The Kier molecular flexibility index (Phi) is 5.55. The van der Waals surface area contributed by atoms with Gasteiger partial charge in [-0.2, -0.15) is 0 Å². The predicted molar refractivity (Wildman–Crippen MR) is 99.6 cm³/mol. The van der Waals surface area contributed by atoms with Crippen LogP contribution < -0.4 is 10.1 Å². The molecule has 0 spiro atoms. The van der Waals surface area contributed by atoms with E-state index < -0.39 is 42.5 Å². The average molecular weight is 413 g/mol. The molecule has 6 nitrogen and oxygen atoms in total. The van der Waals surface area contributed by atoms with Crippen molar-refractivity contribution < 1.29 is 26.0 Å². The Bertz CT molecular complexity index is 1000. The van der Waals surface area contributed by atoms with Crippen LogP contribution in [0.1, 0.15) is 5.56 Å². The summed E-state index contributed by atoms with van der Waals surface area (Å²) in [6, 6.07) is 10.9. The fourth-order valence-electron chi connectivity index (χ4n) is 3.10. The van der Waals surface area contributed by atoms with Crippen LogP contribution in [-0.4, -0.2) is 46.7 Å². The van der Waals surface area contributed by atoms with Crippen molar-refractivity contribution in [1.82, 2.24) is 5.32 Å². The van der Waals surface area contributed by atoms with E-state index in [1.165, 1.54) is 0 Å². The molecule has 1 heterocycles. The molecule has 2 aromatic rings. The fraction of sp³-hybridized carbons (Fsp3) is 0.333. The first-order valence-electron chi connectivity index (χ1n) is 8.27. The van der Waals surface area contributed by atoms with Gasteiger partial charge in [-0.1, -0.05) is 12.1 Å². The summed E-state index contributed by atoms with van der Waals surface area (Å²) in [6.45, 7) is 0.319. The van der Waals surface area contributed by atoms with E-state index in [1.807, 2.05) is 12.1 Å². The highest BCUT2D eigenvalue weighted by atomic mass is 32.2. The number of ether oxygens (including phenoxy) is 1. The Balaban J connectivity index is 1.81. The summed E-state index contributed by atoms with van der Waals surface area (Å²) in [4.78, 5) is -0.0813. The highest BCUT2D eigenvalue weighted by Gasteiger charge is 2.45. The lowest BCUT2D eigenvalue weighted by molar-refractivity contribution is 0.414. The largest absolute Gasteiger partial charge is 0.497 e. The number of benzene rings is 2. The smallest absolute Gasteiger partial charge is 0.183 e. The van der Waals surface area contributed by atoms with Crippen molar-refractivity contribution >= 4 is 19.7 Å². The van der Waals surface area contributed by atoms with Crippen LogP contribution in [0.3, 0.4) is 0 Å². The van der Waals surface area contributed by atoms with Crippen LogP contribution in [0.4, 0.5) is 4.39 Å². The van der Waals surface area contributed by atoms with Crippen LogP contribution in [0.15, 0.2) is 53.4 Å². The predicted octanol–water partition coefficient (Wildman–Crippen LogP) is 1.56. The molecular formula is C18H20FNO5S2. The summed E-state index contributed by atoms with van der Waals surface area (Å²) in [6.07, 6.45) is 0. The molecule has 9 heteroatoms. The first kappa shape index (κ1) is 19.8. The van der Waals surface area contributed by atoms with Crippen LogP contribution in [0, 0.1) is 5.82 Å². The third-order valence-corrected chi connectivity index (χ3v) is 8.74. The van der Waals surface area contributed by atoms with Crippen LogP contribution in [0.25, 0.3) is 0 Å². The fourth-order valence-corrected chi connectivity index (χ4v) is 7.82. The standard InChI is InChI=1S/C18H20FNO5S2/c1-25-15-6-2-13(3-7-15)10-20-17-11-26(21,22)12-18(17)27(23,24)16-8-4-14(19)5-9-16/h2-9,17-18,20H,10-12H2,1H3/t17-,18-/m0/s1. The van der Waals surface area contributed by atoms with Crippen molar-refractivity contribution in [3.05, 3.63) is 59.9 Å².